The van der Waals surface area contributed by atoms with Crippen molar-refractivity contribution in [1.29, 1.82) is 0 Å². The number of rotatable bonds is 6. The van der Waals surface area contributed by atoms with Gasteiger partial charge in [0.1, 0.15) is 6.61 Å². The fourth-order valence-corrected chi connectivity index (χ4v) is 2.82. The number of aliphatic imine (C=N–C) groups is 1. The number of cyclic esters (lactones) is 1. The first-order chi connectivity index (χ1) is 12.1. The summed E-state index contributed by atoms with van der Waals surface area (Å²) in [6.45, 7) is 6.11. The summed E-state index contributed by atoms with van der Waals surface area (Å²) in [6.07, 6.45) is 1.66. The Morgan fingerprint density at radius 1 is 1.36 bits per heavy atom. The first kappa shape index (κ1) is 17.0. The summed E-state index contributed by atoms with van der Waals surface area (Å²) in [5, 5.41) is 1.90. The maximum atomic E-state index is 12.0. The van der Waals surface area contributed by atoms with Crippen molar-refractivity contribution < 1.29 is 19.0 Å². The van der Waals surface area contributed by atoms with E-state index < -0.39 is 5.97 Å². The fourth-order valence-electron chi connectivity index (χ4n) is 2.17. The number of esters is 1. The highest BCUT2D eigenvalue weighted by Gasteiger charge is 2.24. The number of methoxy groups -OCH3 is 1. The lowest BCUT2D eigenvalue weighted by Crippen LogP contribution is -2.03. The van der Waals surface area contributed by atoms with Crippen LogP contribution in [0.1, 0.15) is 17.4 Å². The van der Waals surface area contributed by atoms with Crippen molar-refractivity contribution in [2.45, 2.75) is 6.92 Å². The highest BCUT2D eigenvalue weighted by atomic mass is 32.1. The van der Waals surface area contributed by atoms with Crippen LogP contribution in [0.15, 0.2) is 58.6 Å². The molecule has 1 aliphatic heterocycles. The Hall–Kier alpha value is -2.86. The molecule has 6 heteroatoms. The van der Waals surface area contributed by atoms with Crippen LogP contribution in [0.5, 0.6) is 11.5 Å². The average Bonchev–Trinajstić information content (AvgIpc) is 3.24. The van der Waals surface area contributed by atoms with Crippen LogP contribution in [0.3, 0.4) is 0 Å². The third-order valence-corrected chi connectivity index (χ3v) is 4.18. The first-order valence-corrected chi connectivity index (χ1v) is 8.46. The minimum absolute atomic E-state index is 0.251. The van der Waals surface area contributed by atoms with Crippen LogP contribution in [-0.2, 0) is 9.53 Å². The van der Waals surface area contributed by atoms with Gasteiger partial charge in [-0.15, -0.1) is 11.3 Å². The van der Waals surface area contributed by atoms with Crippen molar-refractivity contribution in [3.63, 3.8) is 0 Å². The van der Waals surface area contributed by atoms with E-state index in [0.29, 0.717) is 24.0 Å². The lowest BCUT2D eigenvalue weighted by Gasteiger charge is -2.11. The van der Waals surface area contributed by atoms with Crippen molar-refractivity contribution in [2.24, 2.45) is 4.99 Å². The quantitative estimate of drug-likeness (QED) is 0.445. The third-order valence-electron chi connectivity index (χ3n) is 3.32. The number of hydrogen-bond donors (Lipinski definition) is 0. The van der Waals surface area contributed by atoms with Crippen molar-refractivity contribution >= 4 is 29.3 Å². The zero-order valence-corrected chi connectivity index (χ0v) is 14.8. The summed E-state index contributed by atoms with van der Waals surface area (Å²) in [5.41, 5.74) is 1.93. The molecule has 0 fully saturated rings. The average molecular weight is 355 g/mol. The molecule has 0 unspecified atom stereocenters. The van der Waals surface area contributed by atoms with Crippen LogP contribution >= 0.6 is 11.3 Å². The van der Waals surface area contributed by atoms with Crippen molar-refractivity contribution in [3.8, 4) is 11.5 Å². The van der Waals surface area contributed by atoms with Gasteiger partial charge in [0.05, 0.1) is 12.0 Å². The molecule has 0 bridgehead atoms. The number of hydrogen-bond acceptors (Lipinski definition) is 6. The second kappa shape index (κ2) is 7.36. The standard InChI is InChI=1S/C19H17NO4S/c1-12(2)11-23-15-7-6-13(10-16(15)22-3)9-14-19(21)24-18(20-14)17-5-4-8-25-17/h4-10H,1,11H2,2-3H3. The summed E-state index contributed by atoms with van der Waals surface area (Å²) < 4.78 is 16.2. The molecule has 5 nitrogen and oxygen atoms in total. The molecule has 0 spiro atoms. The zero-order valence-electron chi connectivity index (χ0n) is 13.9. The van der Waals surface area contributed by atoms with Gasteiger partial charge in [0.2, 0.25) is 5.90 Å². The maximum Gasteiger partial charge on any atom is 0.363 e. The van der Waals surface area contributed by atoms with E-state index in [-0.39, 0.29) is 5.70 Å². The van der Waals surface area contributed by atoms with E-state index in [1.807, 2.05) is 30.5 Å². The molecule has 1 aromatic carbocycles. The highest BCUT2D eigenvalue weighted by molar-refractivity contribution is 7.12. The Morgan fingerprint density at radius 3 is 2.88 bits per heavy atom. The van der Waals surface area contributed by atoms with Gasteiger partial charge in [0.25, 0.3) is 0 Å². The lowest BCUT2D eigenvalue weighted by atomic mass is 10.1. The molecule has 0 saturated heterocycles. The molecule has 1 aliphatic rings. The Balaban J connectivity index is 1.85. The maximum absolute atomic E-state index is 12.0. The van der Waals surface area contributed by atoms with Gasteiger partial charge in [0.15, 0.2) is 17.2 Å². The molecule has 3 rings (SSSR count). The van der Waals surface area contributed by atoms with Crippen LogP contribution in [0.25, 0.3) is 6.08 Å². The van der Waals surface area contributed by atoms with Crippen LogP contribution < -0.4 is 9.47 Å². The second-order valence-corrected chi connectivity index (χ2v) is 6.42. The number of nitrogens with zero attached hydrogens (tertiary/aromatic N) is 1. The first-order valence-electron chi connectivity index (χ1n) is 7.58. The van der Waals surface area contributed by atoms with Crippen molar-refractivity contribution in [1.82, 2.24) is 0 Å². The van der Waals surface area contributed by atoms with E-state index >= 15 is 0 Å². The zero-order chi connectivity index (χ0) is 17.8. The summed E-state index contributed by atoms with van der Waals surface area (Å²) >= 11 is 1.47. The van der Waals surface area contributed by atoms with E-state index in [1.165, 1.54) is 11.3 Å². The normalized spacial score (nSPS) is 15.0. The number of benzene rings is 1. The molecule has 128 valence electrons. The van der Waals surface area contributed by atoms with E-state index in [0.717, 1.165) is 16.0 Å². The summed E-state index contributed by atoms with van der Waals surface area (Å²) in [5.74, 6) is 1.05. The van der Waals surface area contributed by atoms with Crippen LogP contribution in [0.2, 0.25) is 0 Å². The smallest absolute Gasteiger partial charge is 0.363 e. The molecule has 2 aromatic rings. The van der Waals surface area contributed by atoms with Crippen molar-refractivity contribution in [3.05, 3.63) is 64.0 Å². The van der Waals surface area contributed by atoms with Gasteiger partial charge in [-0.1, -0.05) is 18.7 Å². The van der Waals surface area contributed by atoms with E-state index in [1.54, 1.807) is 25.3 Å². The summed E-state index contributed by atoms with van der Waals surface area (Å²) in [4.78, 5) is 17.1. The van der Waals surface area contributed by atoms with Crippen LogP contribution in [-0.4, -0.2) is 25.6 Å². The van der Waals surface area contributed by atoms with Gasteiger partial charge >= 0.3 is 5.97 Å². The van der Waals surface area contributed by atoms with Crippen LogP contribution in [0, 0.1) is 0 Å². The third kappa shape index (κ3) is 3.97. The molecular formula is C19H17NO4S. The summed E-state index contributed by atoms with van der Waals surface area (Å²) in [6, 6.07) is 9.14. The molecule has 0 aliphatic carbocycles. The highest BCUT2D eigenvalue weighted by Crippen LogP contribution is 2.30. The number of thiophene rings is 1. The van der Waals surface area contributed by atoms with Gasteiger partial charge in [-0.05, 0) is 47.7 Å². The molecule has 1 aromatic heterocycles. The lowest BCUT2D eigenvalue weighted by molar-refractivity contribution is -0.129. The monoisotopic (exact) mass is 355 g/mol. The van der Waals surface area contributed by atoms with E-state index in [2.05, 4.69) is 11.6 Å². The molecular weight excluding hydrogens is 338 g/mol. The molecule has 0 N–H and O–H groups in total. The van der Waals surface area contributed by atoms with Gasteiger partial charge in [-0.3, -0.25) is 0 Å². The topological polar surface area (TPSA) is 57.1 Å². The Morgan fingerprint density at radius 2 is 2.20 bits per heavy atom. The SMILES string of the molecule is C=C(C)COc1ccc(C=C2N=C(c3cccs3)OC2=O)cc1OC. The number of carbonyl (C=O) groups excluding carboxylic acids is 1. The van der Waals surface area contributed by atoms with Gasteiger partial charge in [-0.25, -0.2) is 9.79 Å². The summed E-state index contributed by atoms with van der Waals surface area (Å²) in [7, 11) is 1.57. The molecule has 0 atom stereocenters. The van der Waals surface area contributed by atoms with Gasteiger partial charge in [-0.2, -0.15) is 0 Å². The molecule has 2 heterocycles. The Labute approximate surface area is 149 Å². The van der Waals surface area contributed by atoms with Crippen LogP contribution in [0.4, 0.5) is 0 Å². The predicted octanol–water partition coefficient (Wildman–Crippen LogP) is 4.06. The van der Waals surface area contributed by atoms with Crippen molar-refractivity contribution in [2.75, 3.05) is 13.7 Å². The second-order valence-electron chi connectivity index (χ2n) is 5.47. The minimum Gasteiger partial charge on any atom is -0.493 e. The largest absolute Gasteiger partial charge is 0.493 e. The van der Waals surface area contributed by atoms with E-state index in [4.69, 9.17) is 14.2 Å². The molecule has 0 radical (unpaired) electrons. The molecule has 0 amide bonds. The molecule has 25 heavy (non-hydrogen) atoms. The fraction of sp³-hybridized carbons (Fsp3) is 0.158. The predicted molar refractivity (Wildman–Crippen MR) is 98.2 cm³/mol. The van der Waals surface area contributed by atoms with E-state index in [9.17, 15) is 4.79 Å². The number of ether oxygens (including phenoxy) is 3. The van der Waals surface area contributed by atoms with Gasteiger partial charge in [0, 0.05) is 0 Å². The Kier molecular flexibility index (Phi) is 5.00. The minimum atomic E-state index is -0.468. The molecule has 0 saturated carbocycles. The van der Waals surface area contributed by atoms with Gasteiger partial charge < -0.3 is 14.2 Å². The Bertz CT molecular complexity index is 866. The number of carbonyl (C=O) groups is 1.